The highest BCUT2D eigenvalue weighted by Crippen LogP contribution is 2.43. The Morgan fingerprint density at radius 3 is 1.49 bits per heavy atom. The second kappa shape index (κ2) is 37.3. The summed E-state index contributed by atoms with van der Waals surface area (Å²) in [6, 6.07) is 0. The molecule has 9 nitrogen and oxygen atoms in total. The molecule has 0 bridgehead atoms. The summed E-state index contributed by atoms with van der Waals surface area (Å²) in [6.45, 7) is 4.30. The first-order valence-electron chi connectivity index (χ1n) is 21.5. The molecule has 0 aliphatic heterocycles. The highest BCUT2D eigenvalue weighted by atomic mass is 31.2. The molecule has 0 aromatic rings. The number of phosphoric acid groups is 1. The van der Waals surface area contributed by atoms with Gasteiger partial charge in [0.25, 0.3) is 0 Å². The van der Waals surface area contributed by atoms with Crippen molar-refractivity contribution in [2.75, 3.05) is 47.5 Å². The zero-order valence-electron chi connectivity index (χ0n) is 35.6. The highest BCUT2D eigenvalue weighted by molar-refractivity contribution is 7.47. The summed E-state index contributed by atoms with van der Waals surface area (Å²) in [7, 11) is 1.44. The summed E-state index contributed by atoms with van der Waals surface area (Å²) in [4.78, 5) is 35.3. The van der Waals surface area contributed by atoms with E-state index in [4.69, 9.17) is 18.5 Å². The second-order valence-electron chi connectivity index (χ2n) is 15.4. The molecule has 0 aromatic heterocycles. The molecule has 0 heterocycles. The molecule has 2 atom stereocenters. The third-order valence-corrected chi connectivity index (χ3v) is 9.75. The van der Waals surface area contributed by atoms with Gasteiger partial charge in [-0.15, -0.1) is 0 Å². The number of quaternary nitrogens is 1. The first-order valence-corrected chi connectivity index (χ1v) is 23.0. The van der Waals surface area contributed by atoms with Crippen molar-refractivity contribution in [1.29, 1.82) is 0 Å². The van der Waals surface area contributed by atoms with Gasteiger partial charge in [0.05, 0.1) is 27.7 Å². The molecule has 10 heteroatoms. The first-order chi connectivity index (χ1) is 26.5. The molecule has 0 aromatic carbocycles. The topological polar surface area (TPSA) is 108 Å². The standard InChI is InChI=1S/C45H80NO8P/c1-6-8-10-12-14-16-18-20-21-22-23-24-25-26-28-29-31-33-35-37-44(47)51-41-43(42-53-55(49,50)52-40-39-46(3,4)5)54-45(48)38-36-34-32-30-27-19-17-15-13-11-9-7-2/h14-17,20-21,23-24,26,28,43H,6-13,18-19,22,25,27,29-42H2,1-5H3/p+1/b16-14+,17-15+,21-20+,24-23+,28-26+/t43-/m0/s1. The molecule has 0 rings (SSSR count). The molecular formula is C45H81NO8P+. The van der Waals surface area contributed by atoms with E-state index in [-0.39, 0.29) is 26.1 Å². The van der Waals surface area contributed by atoms with E-state index < -0.39 is 32.5 Å². The number of nitrogens with zero attached hydrogens (tertiary/aromatic N) is 1. The van der Waals surface area contributed by atoms with Crippen LogP contribution in [0.25, 0.3) is 0 Å². The third-order valence-electron chi connectivity index (χ3n) is 8.77. The summed E-state index contributed by atoms with van der Waals surface area (Å²) in [6.07, 6.45) is 44.1. The van der Waals surface area contributed by atoms with E-state index >= 15 is 0 Å². The molecular weight excluding hydrogens is 713 g/mol. The molecule has 55 heavy (non-hydrogen) atoms. The van der Waals surface area contributed by atoms with Crippen LogP contribution in [0.4, 0.5) is 0 Å². The van der Waals surface area contributed by atoms with E-state index in [0.29, 0.717) is 23.9 Å². The van der Waals surface area contributed by atoms with Crippen molar-refractivity contribution in [2.24, 2.45) is 0 Å². The van der Waals surface area contributed by atoms with Crippen molar-refractivity contribution in [3.63, 3.8) is 0 Å². The minimum atomic E-state index is -4.38. The first kappa shape index (κ1) is 52.7. The van der Waals surface area contributed by atoms with Crippen LogP contribution >= 0.6 is 7.82 Å². The lowest BCUT2D eigenvalue weighted by molar-refractivity contribution is -0.870. The number of phosphoric ester groups is 1. The smallest absolute Gasteiger partial charge is 0.462 e. The number of unbranched alkanes of at least 4 members (excludes halogenated alkanes) is 14. The van der Waals surface area contributed by atoms with Gasteiger partial charge < -0.3 is 18.9 Å². The lowest BCUT2D eigenvalue weighted by Gasteiger charge is -2.24. The number of hydrogen-bond acceptors (Lipinski definition) is 7. The maximum Gasteiger partial charge on any atom is 0.472 e. The van der Waals surface area contributed by atoms with Gasteiger partial charge in [-0.05, 0) is 83.5 Å². The van der Waals surface area contributed by atoms with Crippen molar-refractivity contribution >= 4 is 19.8 Å². The summed E-state index contributed by atoms with van der Waals surface area (Å²) < 4.78 is 34.2. The largest absolute Gasteiger partial charge is 0.472 e. The van der Waals surface area contributed by atoms with Gasteiger partial charge in [0, 0.05) is 12.8 Å². The number of rotatable bonds is 38. The van der Waals surface area contributed by atoms with E-state index in [1.807, 2.05) is 21.1 Å². The van der Waals surface area contributed by atoms with Gasteiger partial charge in [-0.25, -0.2) is 4.57 Å². The van der Waals surface area contributed by atoms with Crippen LogP contribution in [0, 0.1) is 0 Å². The minimum Gasteiger partial charge on any atom is -0.462 e. The van der Waals surface area contributed by atoms with Crippen LogP contribution in [0.5, 0.6) is 0 Å². The van der Waals surface area contributed by atoms with Gasteiger partial charge >= 0.3 is 19.8 Å². The Morgan fingerprint density at radius 1 is 0.564 bits per heavy atom. The molecule has 0 amide bonds. The fraction of sp³-hybridized carbons (Fsp3) is 0.733. The number of likely N-dealkylation sites (N-methyl/N-ethyl adjacent to an activating group) is 1. The summed E-state index contributed by atoms with van der Waals surface area (Å²) in [5.74, 6) is -0.851. The lowest BCUT2D eigenvalue weighted by atomic mass is 10.1. The van der Waals surface area contributed by atoms with Gasteiger partial charge in [-0.3, -0.25) is 18.6 Å². The quantitative estimate of drug-likeness (QED) is 0.0216. The average Bonchev–Trinajstić information content (AvgIpc) is 3.13. The Balaban J connectivity index is 4.43. The van der Waals surface area contributed by atoms with E-state index in [1.165, 1.54) is 44.9 Å². The molecule has 0 radical (unpaired) electrons. The zero-order chi connectivity index (χ0) is 40.7. The summed E-state index contributed by atoms with van der Waals surface area (Å²) in [5, 5.41) is 0. The Kier molecular flexibility index (Phi) is 35.7. The minimum absolute atomic E-state index is 0.0222. The molecule has 0 aliphatic rings. The molecule has 0 saturated heterocycles. The van der Waals surface area contributed by atoms with E-state index in [9.17, 15) is 19.0 Å². The molecule has 1 N–H and O–H groups in total. The predicted molar refractivity (Wildman–Crippen MR) is 229 cm³/mol. The highest BCUT2D eigenvalue weighted by Gasteiger charge is 2.27. The van der Waals surface area contributed by atoms with E-state index in [1.54, 1.807) is 0 Å². The van der Waals surface area contributed by atoms with Crippen molar-refractivity contribution in [1.82, 2.24) is 0 Å². The fourth-order valence-electron chi connectivity index (χ4n) is 5.34. The molecule has 318 valence electrons. The number of ether oxygens (including phenoxy) is 2. The van der Waals surface area contributed by atoms with Crippen LogP contribution < -0.4 is 0 Å². The van der Waals surface area contributed by atoms with E-state index in [0.717, 1.165) is 77.0 Å². The number of hydrogen-bond donors (Lipinski definition) is 1. The van der Waals surface area contributed by atoms with Crippen molar-refractivity contribution in [3.8, 4) is 0 Å². The maximum absolute atomic E-state index is 12.6. The van der Waals surface area contributed by atoms with Gasteiger partial charge in [-0.2, -0.15) is 0 Å². The zero-order valence-corrected chi connectivity index (χ0v) is 36.5. The molecule has 0 spiro atoms. The van der Waals surface area contributed by atoms with Gasteiger partial charge in [0.1, 0.15) is 19.8 Å². The van der Waals surface area contributed by atoms with Crippen LogP contribution in [0.2, 0.25) is 0 Å². The third kappa shape index (κ3) is 41.2. The Hall–Kier alpha value is -2.29. The van der Waals surface area contributed by atoms with Crippen LogP contribution in [-0.4, -0.2) is 74.9 Å². The van der Waals surface area contributed by atoms with Crippen LogP contribution in [0.15, 0.2) is 60.8 Å². The van der Waals surface area contributed by atoms with Crippen LogP contribution in [-0.2, 0) is 32.7 Å². The van der Waals surface area contributed by atoms with Gasteiger partial charge in [0.15, 0.2) is 6.10 Å². The van der Waals surface area contributed by atoms with Gasteiger partial charge in [-0.1, -0.05) is 126 Å². The predicted octanol–water partition coefficient (Wildman–Crippen LogP) is 12.1. The lowest BCUT2D eigenvalue weighted by Crippen LogP contribution is -2.37. The second-order valence-corrected chi connectivity index (χ2v) is 16.8. The Labute approximate surface area is 336 Å². The fourth-order valence-corrected chi connectivity index (χ4v) is 6.08. The maximum atomic E-state index is 12.6. The monoisotopic (exact) mass is 795 g/mol. The van der Waals surface area contributed by atoms with Crippen molar-refractivity contribution in [2.45, 2.75) is 168 Å². The SMILES string of the molecule is CCCCC/C=C/C/C=C/C/C=C/C/C=C/CCCCCC(=O)OC[C@@H](COP(=O)(O)OCC[N+](C)(C)C)OC(=O)CCCCCCC/C=C/CCCCC. The van der Waals surface area contributed by atoms with Crippen molar-refractivity contribution < 1.29 is 42.1 Å². The Morgan fingerprint density at radius 2 is 0.982 bits per heavy atom. The molecule has 0 aliphatic carbocycles. The van der Waals surface area contributed by atoms with Crippen molar-refractivity contribution in [3.05, 3.63) is 60.8 Å². The Bertz CT molecular complexity index is 1120. The molecule has 0 saturated carbocycles. The number of carbonyl (C=O) groups is 2. The van der Waals surface area contributed by atoms with Crippen LogP contribution in [0.3, 0.4) is 0 Å². The summed E-state index contributed by atoms with van der Waals surface area (Å²) >= 11 is 0. The normalized spacial score (nSPS) is 14.2. The molecule has 0 fully saturated rings. The number of allylic oxidation sites excluding steroid dienone is 10. The number of esters is 2. The van der Waals surface area contributed by atoms with Crippen LogP contribution in [0.1, 0.15) is 162 Å². The number of carbonyl (C=O) groups excluding carboxylic acids is 2. The molecule has 1 unspecified atom stereocenters. The average molecular weight is 795 g/mol. The van der Waals surface area contributed by atoms with E-state index in [2.05, 4.69) is 74.6 Å². The summed E-state index contributed by atoms with van der Waals surface area (Å²) in [5.41, 5.74) is 0. The van der Waals surface area contributed by atoms with Gasteiger partial charge in [0.2, 0.25) is 0 Å².